The molecule has 3 aromatic rings. The topological polar surface area (TPSA) is 54.8 Å². The molecule has 1 heterocycles. The van der Waals surface area contributed by atoms with Crippen LogP contribution in [0.3, 0.4) is 0 Å². The zero-order valence-electron chi connectivity index (χ0n) is 12.7. The Bertz CT molecular complexity index is 892. The molecule has 0 saturated carbocycles. The van der Waals surface area contributed by atoms with Gasteiger partial charge in [-0.25, -0.2) is 9.67 Å². The zero-order valence-corrected chi connectivity index (χ0v) is 15.8. The normalized spacial score (nSPS) is 10.5. The summed E-state index contributed by atoms with van der Waals surface area (Å²) in [4.78, 5) is 4.18. The van der Waals surface area contributed by atoms with Gasteiger partial charge in [-0.1, -0.05) is 53.0 Å². The number of aromatic nitrogens is 3. The number of thiocarbonyl (C=S) groups is 1. The van der Waals surface area contributed by atoms with Crippen LogP contribution in [0.4, 0.5) is 11.6 Å². The predicted octanol–water partition coefficient (Wildman–Crippen LogP) is 5.10. The van der Waals surface area contributed by atoms with Gasteiger partial charge < -0.3 is 5.32 Å². The standard InChI is InChI=1S/C16H12Cl3N5S/c17-11-5-12(18)7-13(6-11)21-16(25)22-15-20-9-24(23-15)8-10-3-1-2-4-14(10)19/h1-7,9H,8H2,(H2,21,22,23,25). The van der Waals surface area contributed by atoms with E-state index >= 15 is 0 Å². The molecule has 2 aromatic carbocycles. The molecule has 5 nitrogen and oxygen atoms in total. The lowest BCUT2D eigenvalue weighted by Crippen LogP contribution is -2.20. The van der Waals surface area contributed by atoms with E-state index in [-0.39, 0.29) is 0 Å². The molecule has 0 spiro atoms. The smallest absolute Gasteiger partial charge is 0.248 e. The fraction of sp³-hybridized carbons (Fsp3) is 0.0625. The molecule has 0 saturated heterocycles. The van der Waals surface area contributed by atoms with Gasteiger partial charge in [0.25, 0.3) is 0 Å². The van der Waals surface area contributed by atoms with Crippen molar-refractivity contribution < 1.29 is 0 Å². The van der Waals surface area contributed by atoms with Crippen LogP contribution in [-0.2, 0) is 6.54 Å². The van der Waals surface area contributed by atoms with Gasteiger partial charge in [0.05, 0.1) is 6.54 Å². The number of rotatable bonds is 4. The molecule has 1 aromatic heterocycles. The third kappa shape index (κ3) is 5.06. The first kappa shape index (κ1) is 17.9. The monoisotopic (exact) mass is 411 g/mol. The maximum Gasteiger partial charge on any atom is 0.248 e. The van der Waals surface area contributed by atoms with Crippen LogP contribution in [0.1, 0.15) is 5.56 Å². The first-order chi connectivity index (χ1) is 12.0. The van der Waals surface area contributed by atoms with Gasteiger partial charge in [-0.15, -0.1) is 5.10 Å². The van der Waals surface area contributed by atoms with E-state index in [2.05, 4.69) is 20.7 Å². The molecule has 0 bridgehead atoms. The van der Waals surface area contributed by atoms with E-state index in [0.717, 1.165) is 5.56 Å². The predicted molar refractivity (Wildman–Crippen MR) is 107 cm³/mol. The number of nitrogens with zero attached hydrogens (tertiary/aromatic N) is 3. The van der Waals surface area contributed by atoms with E-state index in [1.54, 1.807) is 29.2 Å². The van der Waals surface area contributed by atoms with E-state index in [1.807, 2.05) is 24.3 Å². The first-order valence-electron chi connectivity index (χ1n) is 7.16. The van der Waals surface area contributed by atoms with E-state index in [0.29, 0.717) is 38.4 Å². The van der Waals surface area contributed by atoms with E-state index in [9.17, 15) is 0 Å². The third-order valence-electron chi connectivity index (χ3n) is 3.17. The summed E-state index contributed by atoms with van der Waals surface area (Å²) in [6.07, 6.45) is 1.60. The Kier molecular flexibility index (Phi) is 5.75. The van der Waals surface area contributed by atoms with Crippen molar-refractivity contribution in [3.05, 3.63) is 69.4 Å². The largest absolute Gasteiger partial charge is 0.332 e. The van der Waals surface area contributed by atoms with Gasteiger partial charge in [-0.05, 0) is 42.0 Å². The molecule has 9 heteroatoms. The van der Waals surface area contributed by atoms with Gasteiger partial charge in [0.1, 0.15) is 6.33 Å². The Balaban J connectivity index is 1.63. The fourth-order valence-electron chi connectivity index (χ4n) is 2.12. The molecule has 0 fully saturated rings. The third-order valence-corrected chi connectivity index (χ3v) is 4.18. The minimum absolute atomic E-state index is 0.328. The molecule has 0 unspecified atom stereocenters. The summed E-state index contributed by atoms with van der Waals surface area (Å²) in [5.41, 5.74) is 1.63. The first-order valence-corrected chi connectivity index (χ1v) is 8.71. The van der Waals surface area contributed by atoms with Gasteiger partial charge in [0.2, 0.25) is 5.95 Å². The molecule has 0 radical (unpaired) electrons. The highest BCUT2D eigenvalue weighted by Gasteiger charge is 2.07. The molecule has 0 atom stereocenters. The van der Waals surface area contributed by atoms with Crippen molar-refractivity contribution >= 4 is 63.8 Å². The minimum Gasteiger partial charge on any atom is -0.332 e. The summed E-state index contributed by atoms with van der Waals surface area (Å²) in [7, 11) is 0. The zero-order chi connectivity index (χ0) is 17.8. The van der Waals surface area contributed by atoms with E-state index < -0.39 is 0 Å². The van der Waals surface area contributed by atoms with Crippen LogP contribution in [0.5, 0.6) is 0 Å². The lowest BCUT2D eigenvalue weighted by atomic mass is 10.2. The average Bonchev–Trinajstić information content (AvgIpc) is 2.95. The summed E-state index contributed by atoms with van der Waals surface area (Å²) < 4.78 is 1.67. The summed E-state index contributed by atoms with van der Waals surface area (Å²) in [6.45, 7) is 0.512. The van der Waals surface area contributed by atoms with Gasteiger partial charge >= 0.3 is 0 Å². The number of hydrogen-bond acceptors (Lipinski definition) is 3. The lowest BCUT2D eigenvalue weighted by molar-refractivity contribution is 0.687. The Labute approximate surface area is 164 Å². The van der Waals surface area contributed by atoms with E-state index in [4.69, 9.17) is 47.0 Å². The Morgan fingerprint density at radius 2 is 1.76 bits per heavy atom. The Morgan fingerprint density at radius 1 is 1.04 bits per heavy atom. The number of nitrogens with one attached hydrogen (secondary N) is 2. The molecule has 3 rings (SSSR count). The molecule has 128 valence electrons. The Morgan fingerprint density at radius 3 is 2.48 bits per heavy atom. The number of halogens is 3. The van der Waals surface area contributed by atoms with Gasteiger partial charge in [-0.3, -0.25) is 5.32 Å². The highest BCUT2D eigenvalue weighted by molar-refractivity contribution is 7.80. The molecule has 0 aliphatic rings. The summed E-state index contributed by atoms with van der Waals surface area (Å²) in [6, 6.07) is 12.6. The molecule has 25 heavy (non-hydrogen) atoms. The maximum absolute atomic E-state index is 6.15. The number of benzene rings is 2. The summed E-state index contributed by atoms with van der Waals surface area (Å²) >= 11 is 23.3. The quantitative estimate of drug-likeness (QED) is 0.584. The van der Waals surface area contributed by atoms with Crippen LogP contribution in [0.2, 0.25) is 15.1 Å². The van der Waals surface area contributed by atoms with Crippen molar-refractivity contribution in [2.24, 2.45) is 0 Å². The van der Waals surface area contributed by atoms with Crippen molar-refractivity contribution in [1.29, 1.82) is 0 Å². The van der Waals surface area contributed by atoms with Gasteiger partial charge in [0.15, 0.2) is 5.11 Å². The molecule has 0 aliphatic carbocycles. The lowest BCUT2D eigenvalue weighted by Gasteiger charge is -2.08. The van der Waals surface area contributed by atoms with Crippen LogP contribution in [0, 0.1) is 0 Å². The van der Waals surface area contributed by atoms with Crippen molar-refractivity contribution in [2.75, 3.05) is 10.6 Å². The molecular weight excluding hydrogens is 401 g/mol. The van der Waals surface area contributed by atoms with Crippen molar-refractivity contribution in [3.8, 4) is 0 Å². The van der Waals surface area contributed by atoms with Crippen molar-refractivity contribution in [1.82, 2.24) is 14.8 Å². The molecule has 2 N–H and O–H groups in total. The summed E-state index contributed by atoms with van der Waals surface area (Å²) in [5.74, 6) is 0.373. The highest BCUT2D eigenvalue weighted by Crippen LogP contribution is 2.22. The van der Waals surface area contributed by atoms with Crippen LogP contribution in [0.15, 0.2) is 48.8 Å². The number of anilines is 2. The Hall–Kier alpha value is -1.86. The fourth-order valence-corrected chi connectivity index (χ4v) is 3.05. The second-order valence-corrected chi connectivity index (χ2v) is 6.78. The second-order valence-electron chi connectivity index (χ2n) is 5.09. The average molecular weight is 413 g/mol. The van der Waals surface area contributed by atoms with Gasteiger partial charge in [0, 0.05) is 20.8 Å². The minimum atomic E-state index is 0.328. The second kappa shape index (κ2) is 8.01. The van der Waals surface area contributed by atoms with Gasteiger partial charge in [-0.2, -0.15) is 0 Å². The van der Waals surface area contributed by atoms with Crippen molar-refractivity contribution in [3.63, 3.8) is 0 Å². The molecule has 0 aliphatic heterocycles. The van der Waals surface area contributed by atoms with Crippen LogP contribution in [0.25, 0.3) is 0 Å². The van der Waals surface area contributed by atoms with Crippen LogP contribution < -0.4 is 10.6 Å². The highest BCUT2D eigenvalue weighted by atomic mass is 35.5. The van der Waals surface area contributed by atoms with E-state index in [1.165, 1.54) is 0 Å². The SMILES string of the molecule is S=C(Nc1cc(Cl)cc(Cl)c1)Nc1ncn(Cc2ccccc2Cl)n1. The van der Waals surface area contributed by atoms with Crippen LogP contribution in [-0.4, -0.2) is 19.9 Å². The van der Waals surface area contributed by atoms with Crippen LogP contribution >= 0.6 is 47.0 Å². The van der Waals surface area contributed by atoms with Crippen molar-refractivity contribution in [2.45, 2.75) is 6.54 Å². The molecular formula is C16H12Cl3N5S. The maximum atomic E-state index is 6.15. The molecule has 0 amide bonds. The number of hydrogen-bond donors (Lipinski definition) is 2. The summed E-state index contributed by atoms with van der Waals surface area (Å²) in [5, 5.41) is 12.2.